The van der Waals surface area contributed by atoms with Crippen LogP contribution in [0.5, 0.6) is 0 Å². The van der Waals surface area contributed by atoms with Crippen LogP contribution in [-0.4, -0.2) is 10.9 Å². The maximum Gasteiger partial charge on any atom is 0.241 e. The quantitative estimate of drug-likeness (QED) is 0.925. The van der Waals surface area contributed by atoms with E-state index < -0.39 is 5.41 Å². The van der Waals surface area contributed by atoms with Crippen molar-refractivity contribution in [3.05, 3.63) is 16.1 Å². The largest absolute Gasteiger partial charge is 0.346 e. The molecule has 1 N–H and O–H groups in total. The van der Waals surface area contributed by atoms with Crippen LogP contribution in [0.1, 0.15) is 61.9 Å². The van der Waals surface area contributed by atoms with E-state index in [4.69, 9.17) is 0 Å². The molecule has 1 unspecified atom stereocenters. The minimum atomic E-state index is -0.822. The molecule has 1 heterocycles. The second kappa shape index (κ2) is 6.36. The Labute approximate surface area is 124 Å². The fourth-order valence-electron chi connectivity index (χ4n) is 2.63. The molecule has 0 aliphatic heterocycles. The molecule has 0 saturated heterocycles. The Morgan fingerprint density at radius 3 is 2.80 bits per heavy atom. The molecule has 108 valence electrons. The predicted molar refractivity (Wildman–Crippen MR) is 79.2 cm³/mol. The van der Waals surface area contributed by atoms with Gasteiger partial charge >= 0.3 is 0 Å². The zero-order chi connectivity index (χ0) is 14.6. The van der Waals surface area contributed by atoms with E-state index in [9.17, 15) is 10.1 Å². The SMILES string of the molecule is CCc1cnc(C(C)NC(=O)C2(C#N)CCCCC2)s1. The highest BCUT2D eigenvalue weighted by Gasteiger charge is 2.40. The number of rotatable bonds is 4. The van der Waals surface area contributed by atoms with E-state index in [1.807, 2.05) is 13.1 Å². The van der Waals surface area contributed by atoms with Gasteiger partial charge in [-0.3, -0.25) is 4.79 Å². The predicted octanol–water partition coefficient (Wildman–Crippen LogP) is 3.36. The van der Waals surface area contributed by atoms with E-state index in [0.717, 1.165) is 30.7 Å². The molecule has 1 aromatic rings. The number of hydrogen-bond donors (Lipinski definition) is 1. The highest BCUT2D eigenvalue weighted by Crippen LogP contribution is 2.36. The standard InChI is InChI=1S/C15H21N3OS/c1-3-12-9-17-13(20-12)11(2)18-14(19)15(10-16)7-5-4-6-8-15/h9,11H,3-8H2,1-2H3,(H,18,19). The third-order valence-corrected chi connectivity index (χ3v) is 5.32. The summed E-state index contributed by atoms with van der Waals surface area (Å²) in [6.07, 6.45) is 7.24. The maximum atomic E-state index is 12.5. The molecule has 4 nitrogen and oxygen atoms in total. The van der Waals surface area contributed by atoms with Gasteiger partial charge in [0.15, 0.2) is 0 Å². The number of aryl methyl sites for hydroxylation is 1. The second-order valence-electron chi connectivity index (χ2n) is 5.47. The molecule has 0 bridgehead atoms. The lowest BCUT2D eigenvalue weighted by Gasteiger charge is -2.30. The lowest BCUT2D eigenvalue weighted by atomic mass is 9.74. The minimum absolute atomic E-state index is 0.125. The van der Waals surface area contributed by atoms with Gasteiger partial charge in [0.1, 0.15) is 10.4 Å². The van der Waals surface area contributed by atoms with Gasteiger partial charge in [-0.1, -0.05) is 26.2 Å². The number of thiazole rings is 1. The molecular weight excluding hydrogens is 270 g/mol. The van der Waals surface area contributed by atoms with Gasteiger partial charge in [0.25, 0.3) is 0 Å². The fourth-order valence-corrected chi connectivity index (χ4v) is 3.49. The van der Waals surface area contributed by atoms with E-state index in [2.05, 4.69) is 23.3 Å². The normalized spacial score (nSPS) is 19.1. The molecule has 5 heteroatoms. The molecule has 1 aliphatic rings. The van der Waals surface area contributed by atoms with Crippen molar-refractivity contribution in [3.8, 4) is 6.07 Å². The van der Waals surface area contributed by atoms with Gasteiger partial charge in [0.05, 0.1) is 12.1 Å². The Hall–Kier alpha value is -1.41. The van der Waals surface area contributed by atoms with Crippen LogP contribution in [0.25, 0.3) is 0 Å². The van der Waals surface area contributed by atoms with Crippen molar-refractivity contribution in [1.82, 2.24) is 10.3 Å². The Bertz CT molecular complexity index is 511. The van der Waals surface area contributed by atoms with Gasteiger partial charge < -0.3 is 5.32 Å². The number of nitriles is 1. The van der Waals surface area contributed by atoms with E-state index in [1.165, 1.54) is 4.88 Å². The lowest BCUT2D eigenvalue weighted by molar-refractivity contribution is -0.130. The summed E-state index contributed by atoms with van der Waals surface area (Å²) in [5.74, 6) is -0.125. The monoisotopic (exact) mass is 291 g/mol. The van der Waals surface area contributed by atoms with Gasteiger partial charge in [0, 0.05) is 11.1 Å². The van der Waals surface area contributed by atoms with E-state index in [0.29, 0.717) is 12.8 Å². The average molecular weight is 291 g/mol. The first kappa shape index (κ1) is 15.0. The zero-order valence-electron chi connectivity index (χ0n) is 12.1. The summed E-state index contributed by atoms with van der Waals surface area (Å²) in [6.45, 7) is 4.03. The van der Waals surface area contributed by atoms with Crippen molar-refractivity contribution >= 4 is 17.2 Å². The van der Waals surface area contributed by atoms with E-state index >= 15 is 0 Å². The first-order valence-electron chi connectivity index (χ1n) is 7.28. The van der Waals surface area contributed by atoms with Gasteiger partial charge in [0.2, 0.25) is 5.91 Å². The molecule has 0 spiro atoms. The van der Waals surface area contributed by atoms with Crippen LogP contribution >= 0.6 is 11.3 Å². The number of carbonyl (C=O) groups is 1. The summed E-state index contributed by atoms with van der Waals surface area (Å²) < 4.78 is 0. The first-order chi connectivity index (χ1) is 9.61. The van der Waals surface area contributed by atoms with Crippen molar-refractivity contribution in [3.63, 3.8) is 0 Å². The Kier molecular flexibility index (Phi) is 4.77. The van der Waals surface area contributed by atoms with Crippen molar-refractivity contribution in [2.75, 3.05) is 0 Å². The Morgan fingerprint density at radius 2 is 2.25 bits per heavy atom. The van der Waals surface area contributed by atoms with Crippen LogP contribution in [0.2, 0.25) is 0 Å². The molecule has 2 rings (SSSR count). The highest BCUT2D eigenvalue weighted by molar-refractivity contribution is 7.11. The highest BCUT2D eigenvalue weighted by atomic mass is 32.1. The van der Waals surface area contributed by atoms with Gasteiger partial charge in [-0.2, -0.15) is 5.26 Å². The van der Waals surface area contributed by atoms with Gasteiger partial charge in [-0.05, 0) is 26.2 Å². The van der Waals surface area contributed by atoms with Crippen LogP contribution in [0.3, 0.4) is 0 Å². The maximum absolute atomic E-state index is 12.5. The molecule has 0 aromatic carbocycles. The van der Waals surface area contributed by atoms with E-state index in [1.54, 1.807) is 11.3 Å². The summed E-state index contributed by atoms with van der Waals surface area (Å²) in [6, 6.07) is 2.14. The molecule has 1 fully saturated rings. The Balaban J connectivity index is 2.04. The fraction of sp³-hybridized carbons (Fsp3) is 0.667. The van der Waals surface area contributed by atoms with Crippen molar-refractivity contribution in [2.45, 2.75) is 58.4 Å². The number of hydrogen-bond acceptors (Lipinski definition) is 4. The first-order valence-corrected chi connectivity index (χ1v) is 8.10. The topological polar surface area (TPSA) is 65.8 Å². The van der Waals surface area contributed by atoms with E-state index in [-0.39, 0.29) is 11.9 Å². The van der Waals surface area contributed by atoms with Crippen LogP contribution in [0.15, 0.2) is 6.20 Å². The van der Waals surface area contributed by atoms with Crippen LogP contribution < -0.4 is 5.32 Å². The lowest BCUT2D eigenvalue weighted by Crippen LogP contribution is -2.42. The molecule has 1 saturated carbocycles. The summed E-state index contributed by atoms with van der Waals surface area (Å²) in [4.78, 5) is 18.0. The zero-order valence-corrected chi connectivity index (χ0v) is 12.9. The molecule has 1 aromatic heterocycles. The molecule has 0 radical (unpaired) electrons. The Morgan fingerprint density at radius 1 is 1.55 bits per heavy atom. The molecular formula is C15H21N3OS. The average Bonchev–Trinajstić information content (AvgIpc) is 2.97. The van der Waals surface area contributed by atoms with Crippen molar-refractivity contribution in [2.24, 2.45) is 5.41 Å². The minimum Gasteiger partial charge on any atom is -0.346 e. The number of amides is 1. The van der Waals surface area contributed by atoms with Crippen LogP contribution in [-0.2, 0) is 11.2 Å². The summed E-state index contributed by atoms with van der Waals surface area (Å²) in [7, 11) is 0. The molecule has 1 atom stereocenters. The third-order valence-electron chi connectivity index (χ3n) is 3.99. The van der Waals surface area contributed by atoms with Crippen molar-refractivity contribution in [1.29, 1.82) is 5.26 Å². The number of nitrogens with zero attached hydrogens (tertiary/aromatic N) is 2. The second-order valence-corrected chi connectivity index (χ2v) is 6.61. The molecule has 1 aliphatic carbocycles. The van der Waals surface area contributed by atoms with Gasteiger partial charge in [-0.15, -0.1) is 11.3 Å². The van der Waals surface area contributed by atoms with Crippen molar-refractivity contribution < 1.29 is 4.79 Å². The van der Waals surface area contributed by atoms with Crippen LogP contribution in [0.4, 0.5) is 0 Å². The smallest absolute Gasteiger partial charge is 0.241 e. The summed E-state index contributed by atoms with van der Waals surface area (Å²) >= 11 is 1.63. The van der Waals surface area contributed by atoms with Crippen LogP contribution in [0, 0.1) is 16.7 Å². The molecule has 20 heavy (non-hydrogen) atoms. The number of carbonyl (C=O) groups excluding carboxylic acids is 1. The summed E-state index contributed by atoms with van der Waals surface area (Å²) in [5, 5.41) is 13.3. The molecule has 1 amide bonds. The summed E-state index contributed by atoms with van der Waals surface area (Å²) in [5.41, 5.74) is -0.822. The number of nitrogens with one attached hydrogen (secondary N) is 1. The number of aromatic nitrogens is 1. The van der Waals surface area contributed by atoms with Gasteiger partial charge in [-0.25, -0.2) is 4.98 Å². The third kappa shape index (κ3) is 3.01.